The maximum atomic E-state index is 11.3. The minimum Gasteiger partial charge on any atom is -0.376 e. The van der Waals surface area contributed by atoms with Crippen LogP contribution in [0.3, 0.4) is 0 Å². The zero-order valence-corrected chi connectivity index (χ0v) is 13.2. The molecule has 0 aliphatic heterocycles. The molecular formula is C17H21ClN2O. The zero-order valence-electron chi connectivity index (χ0n) is 12.4. The quantitative estimate of drug-likeness (QED) is 0.863. The second-order valence-electron chi connectivity index (χ2n) is 5.15. The number of rotatable bonds is 5. The van der Waals surface area contributed by atoms with Crippen LogP contribution in [0.2, 0.25) is 0 Å². The van der Waals surface area contributed by atoms with Crippen molar-refractivity contribution in [2.75, 3.05) is 20.6 Å². The molecule has 1 aromatic carbocycles. The molecule has 1 atom stereocenters. The lowest BCUT2D eigenvalue weighted by atomic mass is 9.81. The molecule has 0 radical (unpaired) electrons. The third kappa shape index (κ3) is 3.70. The first-order chi connectivity index (χ1) is 9.55. The first-order valence-corrected chi connectivity index (χ1v) is 6.56. The van der Waals surface area contributed by atoms with Gasteiger partial charge in [0.1, 0.15) is 5.60 Å². The van der Waals surface area contributed by atoms with E-state index in [1.54, 1.807) is 12.4 Å². The minimum atomic E-state index is -1.20. The number of nitrogens with zero attached hydrogens (tertiary/aromatic N) is 2. The maximum Gasteiger partial charge on any atom is 0.137 e. The highest BCUT2D eigenvalue weighted by Gasteiger charge is 2.34. The van der Waals surface area contributed by atoms with Gasteiger partial charge < -0.3 is 10.0 Å². The first-order valence-electron chi connectivity index (χ1n) is 6.56. The topological polar surface area (TPSA) is 36.4 Å². The van der Waals surface area contributed by atoms with Crippen LogP contribution in [0.25, 0.3) is 0 Å². The van der Waals surface area contributed by atoms with Crippen LogP contribution in [0, 0.1) is 0 Å². The van der Waals surface area contributed by atoms with E-state index in [-0.39, 0.29) is 12.4 Å². The van der Waals surface area contributed by atoms with Gasteiger partial charge in [-0.1, -0.05) is 36.9 Å². The Labute approximate surface area is 132 Å². The summed E-state index contributed by atoms with van der Waals surface area (Å²) < 4.78 is 0. The van der Waals surface area contributed by atoms with Gasteiger partial charge >= 0.3 is 0 Å². The van der Waals surface area contributed by atoms with Gasteiger partial charge in [0.15, 0.2) is 0 Å². The molecule has 2 rings (SSSR count). The van der Waals surface area contributed by atoms with Crippen LogP contribution < -0.4 is 0 Å². The van der Waals surface area contributed by atoms with Gasteiger partial charge in [-0.2, -0.15) is 0 Å². The van der Waals surface area contributed by atoms with Crippen molar-refractivity contribution >= 4 is 12.4 Å². The summed E-state index contributed by atoms with van der Waals surface area (Å²) in [5, 5.41) is 11.3. The van der Waals surface area contributed by atoms with E-state index in [4.69, 9.17) is 0 Å². The third-order valence-electron chi connectivity index (χ3n) is 3.31. The third-order valence-corrected chi connectivity index (χ3v) is 3.31. The number of pyridine rings is 1. The summed E-state index contributed by atoms with van der Waals surface area (Å²) in [5.41, 5.74) is 1.14. The molecule has 0 aliphatic carbocycles. The molecular weight excluding hydrogens is 284 g/mol. The van der Waals surface area contributed by atoms with E-state index in [0.29, 0.717) is 6.54 Å². The van der Waals surface area contributed by atoms with Crippen molar-refractivity contribution in [2.45, 2.75) is 5.60 Å². The summed E-state index contributed by atoms with van der Waals surface area (Å²) in [6.45, 7) is 4.71. The molecule has 1 unspecified atom stereocenters. The molecule has 21 heavy (non-hydrogen) atoms. The summed E-state index contributed by atoms with van der Waals surface area (Å²) in [4.78, 5) is 6.02. The van der Waals surface area contributed by atoms with E-state index in [2.05, 4.69) is 11.6 Å². The second kappa shape index (κ2) is 7.36. The van der Waals surface area contributed by atoms with Crippen LogP contribution in [0.15, 0.2) is 67.0 Å². The molecule has 2 aromatic rings. The Morgan fingerprint density at radius 3 is 2.14 bits per heavy atom. The lowest BCUT2D eigenvalue weighted by molar-refractivity contribution is 0.113. The predicted molar refractivity (Wildman–Crippen MR) is 88.6 cm³/mol. The van der Waals surface area contributed by atoms with Crippen LogP contribution in [0.5, 0.6) is 0 Å². The summed E-state index contributed by atoms with van der Waals surface area (Å²) in [6, 6.07) is 13.3. The molecule has 0 fully saturated rings. The molecule has 0 bridgehead atoms. The number of halogens is 1. The van der Waals surface area contributed by atoms with Crippen molar-refractivity contribution in [3.8, 4) is 0 Å². The molecule has 0 saturated heterocycles. The van der Waals surface area contributed by atoms with Gasteiger partial charge in [-0.05, 0) is 42.9 Å². The van der Waals surface area contributed by atoms with Crippen LogP contribution in [-0.4, -0.2) is 35.6 Å². The molecule has 1 N–H and O–H groups in total. The van der Waals surface area contributed by atoms with Crippen LogP contribution in [-0.2, 0) is 5.60 Å². The largest absolute Gasteiger partial charge is 0.376 e. The number of likely N-dealkylation sites (N-methyl/N-ethyl adjacent to an activating group) is 1. The Balaban J connectivity index is 0.00000220. The van der Waals surface area contributed by atoms with Gasteiger partial charge in [-0.25, -0.2) is 0 Å². The van der Waals surface area contributed by atoms with Gasteiger partial charge in [0, 0.05) is 18.9 Å². The summed E-state index contributed by atoms with van der Waals surface area (Å²) >= 11 is 0. The molecule has 0 aliphatic rings. The second-order valence-corrected chi connectivity index (χ2v) is 5.15. The lowest BCUT2D eigenvalue weighted by Gasteiger charge is -2.33. The van der Waals surface area contributed by atoms with Gasteiger partial charge in [-0.3, -0.25) is 4.98 Å². The minimum absolute atomic E-state index is 0. The first kappa shape index (κ1) is 17.4. The lowest BCUT2D eigenvalue weighted by Crippen LogP contribution is -2.34. The predicted octanol–water partition coefficient (Wildman–Crippen LogP) is 2.86. The van der Waals surface area contributed by atoms with E-state index in [0.717, 1.165) is 16.7 Å². The van der Waals surface area contributed by atoms with Crippen molar-refractivity contribution < 1.29 is 5.11 Å². The number of hydrogen-bond acceptors (Lipinski definition) is 3. The zero-order chi connectivity index (χ0) is 14.6. The fourth-order valence-electron chi connectivity index (χ4n) is 2.34. The summed E-state index contributed by atoms with van der Waals surface area (Å²) in [5.74, 6) is 0. The molecule has 3 nitrogen and oxygen atoms in total. The standard InChI is InChI=1S/C17H20N2O.ClH/c1-14(13-19(2)3)17(20,15-7-5-4-6-8-15)16-9-11-18-12-10-16;/h4-12,20H,1,13H2,2-3H3;1H. The number of hydrogen-bond donors (Lipinski definition) is 1. The number of aliphatic hydroxyl groups is 1. The van der Waals surface area contributed by atoms with Gasteiger partial charge in [0.2, 0.25) is 0 Å². The van der Waals surface area contributed by atoms with E-state index >= 15 is 0 Å². The average Bonchev–Trinajstić information content (AvgIpc) is 2.47. The van der Waals surface area contributed by atoms with Gasteiger partial charge in [-0.15, -0.1) is 12.4 Å². The monoisotopic (exact) mass is 304 g/mol. The maximum absolute atomic E-state index is 11.3. The summed E-state index contributed by atoms with van der Waals surface area (Å²) in [6.07, 6.45) is 3.37. The molecule has 1 heterocycles. The van der Waals surface area contributed by atoms with Crippen LogP contribution >= 0.6 is 12.4 Å². The van der Waals surface area contributed by atoms with Gasteiger partial charge in [0.25, 0.3) is 0 Å². The Morgan fingerprint density at radius 2 is 1.62 bits per heavy atom. The van der Waals surface area contributed by atoms with Crippen molar-refractivity contribution in [3.63, 3.8) is 0 Å². The molecule has 0 amide bonds. The van der Waals surface area contributed by atoms with Crippen molar-refractivity contribution in [1.29, 1.82) is 0 Å². The van der Waals surface area contributed by atoms with Crippen molar-refractivity contribution in [2.24, 2.45) is 0 Å². The molecule has 1 aromatic heterocycles. The van der Waals surface area contributed by atoms with E-state index in [9.17, 15) is 5.11 Å². The summed E-state index contributed by atoms with van der Waals surface area (Å²) in [7, 11) is 3.92. The Hall–Kier alpha value is -1.68. The van der Waals surface area contributed by atoms with Crippen molar-refractivity contribution in [3.05, 3.63) is 78.1 Å². The average molecular weight is 305 g/mol. The fourth-order valence-corrected chi connectivity index (χ4v) is 2.34. The highest BCUT2D eigenvalue weighted by molar-refractivity contribution is 5.85. The van der Waals surface area contributed by atoms with Gasteiger partial charge in [0.05, 0.1) is 0 Å². The van der Waals surface area contributed by atoms with E-state index in [1.807, 2.05) is 61.5 Å². The molecule has 112 valence electrons. The van der Waals surface area contributed by atoms with E-state index in [1.165, 1.54) is 0 Å². The SMILES string of the molecule is C=C(CN(C)C)C(O)(c1ccccc1)c1ccncc1.Cl. The smallest absolute Gasteiger partial charge is 0.137 e. The van der Waals surface area contributed by atoms with E-state index < -0.39 is 5.60 Å². The Morgan fingerprint density at radius 1 is 1.10 bits per heavy atom. The number of benzene rings is 1. The molecule has 0 spiro atoms. The normalized spacial score (nSPS) is 13.3. The van der Waals surface area contributed by atoms with Crippen LogP contribution in [0.4, 0.5) is 0 Å². The fraction of sp³-hybridized carbons (Fsp3) is 0.235. The highest BCUT2D eigenvalue weighted by Crippen LogP contribution is 2.35. The molecule has 4 heteroatoms. The highest BCUT2D eigenvalue weighted by atomic mass is 35.5. The molecule has 0 saturated carbocycles. The Bertz CT molecular complexity index is 530. The Kier molecular flexibility index (Phi) is 6.09. The number of aromatic nitrogens is 1. The van der Waals surface area contributed by atoms with Crippen molar-refractivity contribution in [1.82, 2.24) is 9.88 Å². The van der Waals surface area contributed by atoms with Crippen LogP contribution in [0.1, 0.15) is 11.1 Å².